The Morgan fingerprint density at radius 1 is 0.296 bits per heavy atom. The molecule has 320 valence electrons. The van der Waals surface area contributed by atoms with E-state index >= 15 is 0 Å². The molecule has 0 saturated heterocycles. The molecule has 0 aromatic rings. The summed E-state index contributed by atoms with van der Waals surface area (Å²) in [6.07, 6.45) is 45.5. The van der Waals surface area contributed by atoms with E-state index in [9.17, 15) is 14.4 Å². The second kappa shape index (κ2) is 44.1. The summed E-state index contributed by atoms with van der Waals surface area (Å²) in [5.41, 5.74) is 0. The first-order valence-corrected chi connectivity index (χ1v) is 24.0. The highest BCUT2D eigenvalue weighted by Crippen LogP contribution is 2.16. The first kappa shape index (κ1) is 52.4. The lowest BCUT2D eigenvalue weighted by atomic mass is 10.0. The molecule has 0 heterocycles. The fourth-order valence-corrected chi connectivity index (χ4v) is 7.21. The van der Waals surface area contributed by atoms with Gasteiger partial charge in [-0.1, -0.05) is 233 Å². The zero-order valence-corrected chi connectivity index (χ0v) is 36.5. The van der Waals surface area contributed by atoms with Crippen molar-refractivity contribution in [3.8, 4) is 0 Å². The van der Waals surface area contributed by atoms with Crippen molar-refractivity contribution in [1.29, 1.82) is 0 Å². The molecule has 0 rings (SSSR count). The molecular weight excluding hydrogens is 673 g/mol. The SMILES string of the molecule is CCCCCCCCCCCCCCCCCCCCCC(=O)OCC(COC(=O)CCCCCCC)OC(=O)CCCCCCCCCCCCCC. The van der Waals surface area contributed by atoms with Gasteiger partial charge in [0.05, 0.1) is 0 Å². The minimum Gasteiger partial charge on any atom is -0.462 e. The highest BCUT2D eigenvalue weighted by Gasteiger charge is 2.19. The number of carbonyl (C=O) groups is 3. The molecule has 0 aliphatic heterocycles. The zero-order chi connectivity index (χ0) is 39.4. The van der Waals surface area contributed by atoms with Gasteiger partial charge in [0, 0.05) is 19.3 Å². The molecule has 0 fully saturated rings. The largest absolute Gasteiger partial charge is 0.462 e. The topological polar surface area (TPSA) is 78.9 Å². The molecule has 0 N–H and O–H groups in total. The van der Waals surface area contributed by atoms with Crippen LogP contribution in [-0.2, 0) is 28.6 Å². The first-order valence-electron chi connectivity index (χ1n) is 24.0. The molecule has 0 aliphatic rings. The first-order chi connectivity index (χ1) is 26.5. The summed E-state index contributed by atoms with van der Waals surface area (Å²) in [4.78, 5) is 37.5. The molecule has 1 unspecified atom stereocenters. The molecule has 0 aromatic carbocycles. The van der Waals surface area contributed by atoms with Gasteiger partial charge >= 0.3 is 17.9 Å². The van der Waals surface area contributed by atoms with E-state index in [2.05, 4.69) is 20.8 Å². The minimum absolute atomic E-state index is 0.0636. The van der Waals surface area contributed by atoms with E-state index < -0.39 is 6.10 Å². The van der Waals surface area contributed by atoms with Crippen LogP contribution in [0, 0.1) is 0 Å². The predicted octanol–water partition coefficient (Wildman–Crippen LogP) is 15.3. The third kappa shape index (κ3) is 41.6. The summed E-state index contributed by atoms with van der Waals surface area (Å²) in [5.74, 6) is -0.863. The third-order valence-electron chi connectivity index (χ3n) is 10.9. The van der Waals surface area contributed by atoms with Gasteiger partial charge in [-0.2, -0.15) is 0 Å². The van der Waals surface area contributed by atoms with Crippen molar-refractivity contribution >= 4 is 17.9 Å². The van der Waals surface area contributed by atoms with Crippen molar-refractivity contribution in [2.45, 2.75) is 277 Å². The summed E-state index contributed by atoms with van der Waals surface area (Å²) in [5, 5.41) is 0. The summed E-state index contributed by atoms with van der Waals surface area (Å²) >= 11 is 0. The van der Waals surface area contributed by atoms with Crippen molar-refractivity contribution in [2.75, 3.05) is 13.2 Å². The maximum absolute atomic E-state index is 12.7. The fourth-order valence-electron chi connectivity index (χ4n) is 7.21. The van der Waals surface area contributed by atoms with Crippen molar-refractivity contribution in [3.05, 3.63) is 0 Å². The Morgan fingerprint density at radius 2 is 0.500 bits per heavy atom. The molecular formula is C48H92O6. The van der Waals surface area contributed by atoms with Gasteiger partial charge in [0.25, 0.3) is 0 Å². The van der Waals surface area contributed by atoms with E-state index in [4.69, 9.17) is 14.2 Å². The van der Waals surface area contributed by atoms with E-state index in [1.165, 1.54) is 167 Å². The number of rotatable bonds is 44. The molecule has 0 aromatic heterocycles. The number of hydrogen-bond donors (Lipinski definition) is 0. The molecule has 1 atom stereocenters. The lowest BCUT2D eigenvalue weighted by molar-refractivity contribution is -0.167. The minimum atomic E-state index is -0.757. The standard InChI is InChI=1S/C48H92O6/c1-4-7-10-13-15-17-19-21-22-23-24-25-26-27-29-30-32-35-38-41-47(50)53-44-45(43-52-46(49)40-37-34-12-9-6-3)54-48(51)42-39-36-33-31-28-20-18-16-14-11-8-5-2/h45H,4-44H2,1-3H3. The number of esters is 3. The van der Waals surface area contributed by atoms with Crippen LogP contribution in [0.4, 0.5) is 0 Å². The molecule has 54 heavy (non-hydrogen) atoms. The Hall–Kier alpha value is -1.59. The number of hydrogen-bond acceptors (Lipinski definition) is 6. The molecule has 6 heteroatoms. The van der Waals surface area contributed by atoms with Gasteiger partial charge in [-0.15, -0.1) is 0 Å². The molecule has 0 bridgehead atoms. The Balaban J connectivity index is 4.09. The molecule has 0 radical (unpaired) electrons. The summed E-state index contributed by atoms with van der Waals surface area (Å²) in [6.45, 7) is 6.58. The lowest BCUT2D eigenvalue weighted by Gasteiger charge is -2.18. The highest BCUT2D eigenvalue weighted by molar-refractivity contribution is 5.71. The van der Waals surface area contributed by atoms with Crippen LogP contribution in [-0.4, -0.2) is 37.2 Å². The molecule has 6 nitrogen and oxygen atoms in total. The van der Waals surface area contributed by atoms with Crippen LogP contribution in [0.1, 0.15) is 271 Å². The van der Waals surface area contributed by atoms with Crippen molar-refractivity contribution < 1.29 is 28.6 Å². The number of ether oxygens (including phenoxy) is 3. The van der Waals surface area contributed by atoms with E-state index in [-0.39, 0.29) is 31.1 Å². The van der Waals surface area contributed by atoms with Crippen molar-refractivity contribution in [3.63, 3.8) is 0 Å². The second-order valence-electron chi connectivity index (χ2n) is 16.4. The van der Waals surface area contributed by atoms with Crippen molar-refractivity contribution in [2.24, 2.45) is 0 Å². The van der Waals surface area contributed by atoms with Gasteiger partial charge in [0.2, 0.25) is 0 Å². The van der Waals surface area contributed by atoms with Gasteiger partial charge in [0.1, 0.15) is 13.2 Å². The Morgan fingerprint density at radius 3 is 0.741 bits per heavy atom. The molecule has 0 amide bonds. The van der Waals surface area contributed by atoms with E-state index in [0.29, 0.717) is 19.3 Å². The lowest BCUT2D eigenvalue weighted by Crippen LogP contribution is -2.30. The van der Waals surface area contributed by atoms with Gasteiger partial charge < -0.3 is 14.2 Å². The fraction of sp³-hybridized carbons (Fsp3) is 0.938. The second-order valence-corrected chi connectivity index (χ2v) is 16.4. The van der Waals surface area contributed by atoms with Crippen LogP contribution in [0.3, 0.4) is 0 Å². The molecule has 0 saturated carbocycles. The summed E-state index contributed by atoms with van der Waals surface area (Å²) in [6, 6.07) is 0. The summed E-state index contributed by atoms with van der Waals surface area (Å²) < 4.78 is 16.6. The molecule has 0 spiro atoms. The van der Waals surface area contributed by atoms with Crippen LogP contribution >= 0.6 is 0 Å². The van der Waals surface area contributed by atoms with Gasteiger partial charge in [0.15, 0.2) is 6.10 Å². The summed E-state index contributed by atoms with van der Waals surface area (Å²) in [7, 11) is 0. The maximum atomic E-state index is 12.7. The number of unbranched alkanes of at least 4 members (excludes halogenated alkanes) is 33. The predicted molar refractivity (Wildman–Crippen MR) is 229 cm³/mol. The quantitative estimate of drug-likeness (QED) is 0.0349. The zero-order valence-electron chi connectivity index (χ0n) is 36.5. The maximum Gasteiger partial charge on any atom is 0.306 e. The normalized spacial score (nSPS) is 11.8. The Bertz CT molecular complexity index is 798. The number of carbonyl (C=O) groups excluding carboxylic acids is 3. The van der Waals surface area contributed by atoms with Crippen LogP contribution in [0.5, 0.6) is 0 Å². The van der Waals surface area contributed by atoms with Crippen LogP contribution in [0.2, 0.25) is 0 Å². The molecule has 0 aliphatic carbocycles. The average molecular weight is 765 g/mol. The highest BCUT2D eigenvalue weighted by atomic mass is 16.6. The van der Waals surface area contributed by atoms with E-state index in [0.717, 1.165) is 64.2 Å². The van der Waals surface area contributed by atoms with Gasteiger partial charge in [-0.3, -0.25) is 14.4 Å². The average Bonchev–Trinajstić information content (AvgIpc) is 3.17. The Kier molecular flexibility index (Phi) is 42.8. The third-order valence-corrected chi connectivity index (χ3v) is 10.9. The van der Waals surface area contributed by atoms with Crippen LogP contribution in [0.15, 0.2) is 0 Å². The van der Waals surface area contributed by atoms with Gasteiger partial charge in [-0.25, -0.2) is 0 Å². The smallest absolute Gasteiger partial charge is 0.306 e. The monoisotopic (exact) mass is 765 g/mol. The van der Waals surface area contributed by atoms with E-state index in [1.807, 2.05) is 0 Å². The van der Waals surface area contributed by atoms with Crippen molar-refractivity contribution in [1.82, 2.24) is 0 Å². The van der Waals surface area contributed by atoms with Crippen LogP contribution in [0.25, 0.3) is 0 Å². The Labute approximate surface area is 336 Å². The van der Waals surface area contributed by atoms with Crippen LogP contribution < -0.4 is 0 Å². The van der Waals surface area contributed by atoms with E-state index in [1.54, 1.807) is 0 Å². The van der Waals surface area contributed by atoms with Gasteiger partial charge in [-0.05, 0) is 19.3 Å².